The Bertz CT molecular complexity index is 826. The Morgan fingerprint density at radius 3 is 2.40 bits per heavy atom. The van der Waals surface area contributed by atoms with E-state index in [4.69, 9.17) is 0 Å². The smallest absolute Gasteiger partial charge is 0.187 e. The number of aromatic nitrogens is 2. The largest absolute Gasteiger partial charge is 0.231 e. The van der Waals surface area contributed by atoms with Crippen molar-refractivity contribution in [3.05, 3.63) is 18.5 Å². The van der Waals surface area contributed by atoms with Crippen LogP contribution in [-0.4, -0.2) is 15.7 Å². The molecule has 1 aromatic rings. The van der Waals surface area contributed by atoms with E-state index in [1.165, 1.54) is 82.8 Å². The van der Waals surface area contributed by atoms with E-state index in [9.17, 15) is 0 Å². The first-order valence-corrected chi connectivity index (χ1v) is 16.2. The molecule has 1 aromatic heterocycles. The van der Waals surface area contributed by atoms with Gasteiger partial charge in [0.25, 0.3) is 0 Å². The molecule has 5 rings (SSSR count). The van der Waals surface area contributed by atoms with Crippen LogP contribution in [0, 0.1) is 58.2 Å². The highest BCUT2D eigenvalue weighted by Gasteiger charge is 2.60. The van der Waals surface area contributed by atoms with Crippen LogP contribution >= 0.6 is 11.8 Å². The lowest BCUT2D eigenvalue weighted by atomic mass is 9.44. The van der Waals surface area contributed by atoms with E-state index in [0.717, 1.165) is 52.5 Å². The van der Waals surface area contributed by atoms with E-state index in [0.29, 0.717) is 10.8 Å². The van der Waals surface area contributed by atoms with E-state index in [1.807, 2.05) is 30.2 Å². The van der Waals surface area contributed by atoms with Gasteiger partial charge in [-0.2, -0.15) is 0 Å². The maximum atomic E-state index is 4.44. The van der Waals surface area contributed by atoms with Crippen molar-refractivity contribution in [3.8, 4) is 0 Å². The van der Waals surface area contributed by atoms with Gasteiger partial charge in [0.2, 0.25) is 0 Å². The maximum absolute atomic E-state index is 4.44. The fraction of sp³-hybridized carbons (Fsp3) is 0.875. The number of thioether (sulfide) groups is 1. The lowest BCUT2D eigenvalue weighted by molar-refractivity contribution is -0.120. The molecule has 4 fully saturated rings. The summed E-state index contributed by atoms with van der Waals surface area (Å²) in [7, 11) is 0. The molecule has 3 unspecified atom stereocenters. The summed E-state index contributed by atoms with van der Waals surface area (Å²) < 4.78 is 0. The minimum atomic E-state index is 0.607. The quantitative estimate of drug-likeness (QED) is 0.265. The molecule has 4 aliphatic carbocycles. The molecule has 2 nitrogen and oxygen atoms in total. The number of nitrogens with zero attached hydrogens (tertiary/aromatic N) is 2. The van der Waals surface area contributed by atoms with Gasteiger partial charge in [-0.15, -0.1) is 0 Å². The average Bonchev–Trinajstić information content (AvgIpc) is 3.20. The Labute approximate surface area is 220 Å². The van der Waals surface area contributed by atoms with Crippen molar-refractivity contribution in [2.24, 2.45) is 58.2 Å². The van der Waals surface area contributed by atoms with Gasteiger partial charge in [0.15, 0.2) is 5.16 Å². The topological polar surface area (TPSA) is 25.8 Å². The van der Waals surface area contributed by atoms with Gasteiger partial charge in [-0.3, -0.25) is 0 Å². The molecule has 0 N–H and O–H groups in total. The molecule has 9 atom stereocenters. The summed E-state index contributed by atoms with van der Waals surface area (Å²) in [5, 5.41) is 0.963. The van der Waals surface area contributed by atoms with Crippen molar-refractivity contribution in [2.75, 3.05) is 5.75 Å². The van der Waals surface area contributed by atoms with Gasteiger partial charge in [-0.25, -0.2) is 9.97 Å². The fourth-order valence-corrected chi connectivity index (χ4v) is 11.0. The van der Waals surface area contributed by atoms with Crippen molar-refractivity contribution in [1.29, 1.82) is 0 Å². The van der Waals surface area contributed by atoms with Crippen molar-refractivity contribution in [2.45, 2.75) is 117 Å². The Hall–Kier alpha value is -0.570. The standard InChI is InChI=1S/C32H52N2S/c1-22(2)8-6-9-23(3)27-12-13-28-26-11-10-25-20-24(21-35-30-33-18-7-19-34-30)14-16-31(25,4)29(26)15-17-32(27,28)5/h7,18-19,22-29H,6,8-17,20-21H2,1-5H3/t23-,24-,25+,26?,27-,28?,29?,31+,32-/m1/s1. The second-order valence-electron chi connectivity index (χ2n) is 14.2. The van der Waals surface area contributed by atoms with Crippen LogP contribution in [0.2, 0.25) is 0 Å². The third-order valence-electron chi connectivity index (χ3n) is 12.0. The van der Waals surface area contributed by atoms with Gasteiger partial charge in [-0.1, -0.05) is 65.6 Å². The molecule has 35 heavy (non-hydrogen) atoms. The highest BCUT2D eigenvalue weighted by Crippen LogP contribution is 2.68. The van der Waals surface area contributed by atoms with Crippen LogP contribution < -0.4 is 0 Å². The number of fused-ring (bicyclic) bond motifs is 5. The first-order valence-electron chi connectivity index (χ1n) is 15.2. The highest BCUT2D eigenvalue weighted by molar-refractivity contribution is 7.99. The van der Waals surface area contributed by atoms with Crippen LogP contribution in [0.4, 0.5) is 0 Å². The van der Waals surface area contributed by atoms with Crippen molar-refractivity contribution in [1.82, 2.24) is 9.97 Å². The summed E-state index contributed by atoms with van der Waals surface area (Å²) >= 11 is 1.89. The number of hydrogen-bond acceptors (Lipinski definition) is 3. The van der Waals surface area contributed by atoms with E-state index < -0.39 is 0 Å². The molecule has 0 aromatic carbocycles. The summed E-state index contributed by atoms with van der Waals surface area (Å²) in [6.45, 7) is 12.9. The molecule has 0 amide bonds. The molecule has 0 spiro atoms. The van der Waals surface area contributed by atoms with E-state index >= 15 is 0 Å². The fourth-order valence-electron chi connectivity index (χ4n) is 10.1. The number of rotatable bonds is 8. The lowest BCUT2D eigenvalue weighted by Gasteiger charge is -2.61. The molecule has 0 bridgehead atoms. The van der Waals surface area contributed by atoms with Gasteiger partial charge in [0.1, 0.15) is 0 Å². The Kier molecular flexibility index (Phi) is 7.94. The normalized spacial score (nSPS) is 41.8. The predicted octanol–water partition coefficient (Wildman–Crippen LogP) is 9.31. The minimum absolute atomic E-state index is 0.607. The Balaban J connectivity index is 1.20. The molecule has 3 heteroatoms. The van der Waals surface area contributed by atoms with Crippen molar-refractivity contribution >= 4 is 11.8 Å². The summed E-state index contributed by atoms with van der Waals surface area (Å²) in [5.74, 6) is 8.83. The van der Waals surface area contributed by atoms with Crippen LogP contribution in [0.1, 0.15) is 112 Å². The van der Waals surface area contributed by atoms with E-state index in [-0.39, 0.29) is 0 Å². The highest BCUT2D eigenvalue weighted by atomic mass is 32.2. The second kappa shape index (κ2) is 10.7. The molecule has 0 aliphatic heterocycles. The molecular weight excluding hydrogens is 444 g/mol. The van der Waals surface area contributed by atoms with Gasteiger partial charge in [-0.05, 0) is 122 Å². The summed E-state index contributed by atoms with van der Waals surface area (Å²) in [6.07, 6.45) is 21.6. The molecule has 1 heterocycles. The summed E-state index contributed by atoms with van der Waals surface area (Å²) in [5.41, 5.74) is 1.24. The number of hydrogen-bond donors (Lipinski definition) is 0. The lowest BCUT2D eigenvalue weighted by Crippen LogP contribution is -2.53. The monoisotopic (exact) mass is 496 g/mol. The third kappa shape index (κ3) is 5.10. The Morgan fingerprint density at radius 2 is 1.63 bits per heavy atom. The first-order chi connectivity index (χ1) is 16.8. The minimum Gasteiger partial charge on any atom is -0.231 e. The van der Waals surface area contributed by atoms with Gasteiger partial charge in [0.05, 0.1) is 0 Å². The Morgan fingerprint density at radius 1 is 0.886 bits per heavy atom. The maximum Gasteiger partial charge on any atom is 0.187 e. The first kappa shape index (κ1) is 26.1. The van der Waals surface area contributed by atoms with Crippen molar-refractivity contribution < 1.29 is 0 Å². The van der Waals surface area contributed by atoms with Crippen molar-refractivity contribution in [3.63, 3.8) is 0 Å². The van der Waals surface area contributed by atoms with Gasteiger partial charge >= 0.3 is 0 Å². The zero-order chi connectivity index (χ0) is 24.6. The zero-order valence-electron chi connectivity index (χ0n) is 23.3. The van der Waals surface area contributed by atoms with Crippen LogP contribution in [0.25, 0.3) is 0 Å². The van der Waals surface area contributed by atoms with E-state index in [2.05, 4.69) is 44.6 Å². The van der Waals surface area contributed by atoms with Crippen LogP contribution in [0.3, 0.4) is 0 Å². The van der Waals surface area contributed by atoms with Gasteiger partial charge in [0, 0.05) is 18.1 Å². The third-order valence-corrected chi connectivity index (χ3v) is 13.1. The van der Waals surface area contributed by atoms with E-state index in [1.54, 1.807) is 0 Å². The summed E-state index contributed by atoms with van der Waals surface area (Å²) in [6, 6.07) is 1.92. The SMILES string of the molecule is CC(C)CCC[C@@H](C)[C@H]1CCC2C3CC[C@H]4C[C@H](CSc5ncccn5)CC[C@]4(C)C3CC[C@@]21C. The molecule has 4 saturated carbocycles. The molecule has 196 valence electrons. The predicted molar refractivity (Wildman–Crippen MR) is 149 cm³/mol. The molecular formula is C32H52N2S. The molecule has 4 aliphatic rings. The average molecular weight is 497 g/mol. The second-order valence-corrected chi connectivity index (χ2v) is 15.2. The summed E-state index contributed by atoms with van der Waals surface area (Å²) in [4.78, 5) is 8.89. The van der Waals surface area contributed by atoms with Gasteiger partial charge < -0.3 is 0 Å². The molecule has 0 saturated heterocycles. The van der Waals surface area contributed by atoms with Crippen LogP contribution in [-0.2, 0) is 0 Å². The molecule has 0 radical (unpaired) electrons. The van der Waals surface area contributed by atoms with Crippen LogP contribution in [0.15, 0.2) is 23.6 Å². The van der Waals surface area contributed by atoms with Crippen LogP contribution in [0.5, 0.6) is 0 Å². The zero-order valence-corrected chi connectivity index (χ0v) is 24.2.